The Hall–Kier alpha value is -1.16. The van der Waals surface area contributed by atoms with Crippen molar-refractivity contribution in [1.82, 2.24) is 10.1 Å². The highest BCUT2D eigenvalue weighted by Crippen LogP contribution is 2.24. The van der Waals surface area contributed by atoms with E-state index in [2.05, 4.69) is 22.3 Å². The molecule has 1 aromatic rings. The Morgan fingerprint density at radius 2 is 2.38 bits per heavy atom. The lowest BCUT2D eigenvalue weighted by molar-refractivity contribution is 0.192. The van der Waals surface area contributed by atoms with Crippen molar-refractivity contribution in [3.8, 4) is 0 Å². The summed E-state index contributed by atoms with van der Waals surface area (Å²) >= 11 is 0. The maximum Gasteiger partial charge on any atom is 0.227 e. The third kappa shape index (κ3) is 2.02. The fraction of sp³-hybridized carbons (Fsp3) is 0.667. The second kappa shape index (κ2) is 4.37. The van der Waals surface area contributed by atoms with E-state index >= 15 is 0 Å². The van der Waals surface area contributed by atoms with Crippen LogP contribution < -0.4 is 0 Å². The molecule has 1 aliphatic carbocycles. The van der Waals surface area contributed by atoms with Gasteiger partial charge in [0.25, 0.3) is 0 Å². The molecule has 0 aromatic carbocycles. The predicted molar refractivity (Wildman–Crippen MR) is 58.0 cm³/mol. The first kappa shape index (κ1) is 10.0. The van der Waals surface area contributed by atoms with Crippen LogP contribution in [0.25, 0.3) is 0 Å². The number of allylic oxidation sites excluding steroid dienone is 2. The molecule has 86 valence electrons. The summed E-state index contributed by atoms with van der Waals surface area (Å²) in [4.78, 5) is 4.46. The molecule has 2 aliphatic rings. The number of hydrogen-bond donors (Lipinski definition) is 0. The first-order valence-corrected chi connectivity index (χ1v) is 5.99. The van der Waals surface area contributed by atoms with E-state index < -0.39 is 0 Å². The van der Waals surface area contributed by atoms with E-state index in [1.807, 2.05) is 0 Å². The van der Waals surface area contributed by atoms with E-state index in [4.69, 9.17) is 9.26 Å². The third-order valence-corrected chi connectivity index (χ3v) is 3.33. The standard InChI is InChI=1S/C12H16N2O2/c1-2-4-9(3-1)7-11-13-12(14-16-11)10-5-6-15-8-10/h1,3,9-10H,2,4-8H2. The van der Waals surface area contributed by atoms with Crippen molar-refractivity contribution in [3.63, 3.8) is 0 Å². The maximum absolute atomic E-state index is 5.32. The van der Waals surface area contributed by atoms with Crippen LogP contribution in [-0.4, -0.2) is 23.4 Å². The van der Waals surface area contributed by atoms with Crippen molar-refractivity contribution in [1.29, 1.82) is 0 Å². The molecule has 0 N–H and O–H groups in total. The summed E-state index contributed by atoms with van der Waals surface area (Å²) in [5.74, 6) is 2.54. The maximum atomic E-state index is 5.32. The molecule has 0 radical (unpaired) electrons. The van der Waals surface area contributed by atoms with Gasteiger partial charge in [0, 0.05) is 18.9 Å². The van der Waals surface area contributed by atoms with Crippen molar-refractivity contribution >= 4 is 0 Å². The van der Waals surface area contributed by atoms with Gasteiger partial charge in [-0.3, -0.25) is 0 Å². The molecule has 1 fully saturated rings. The van der Waals surface area contributed by atoms with Gasteiger partial charge in [-0.2, -0.15) is 4.98 Å². The predicted octanol–water partition coefficient (Wildman–Crippen LogP) is 2.08. The average molecular weight is 220 g/mol. The quantitative estimate of drug-likeness (QED) is 0.732. The van der Waals surface area contributed by atoms with Crippen LogP contribution >= 0.6 is 0 Å². The van der Waals surface area contributed by atoms with E-state index in [1.165, 1.54) is 12.8 Å². The minimum Gasteiger partial charge on any atom is -0.381 e. The first-order chi connectivity index (χ1) is 7.92. The van der Waals surface area contributed by atoms with Crippen molar-refractivity contribution in [2.45, 2.75) is 31.6 Å². The Bertz CT molecular complexity index is 380. The van der Waals surface area contributed by atoms with Crippen molar-refractivity contribution in [2.75, 3.05) is 13.2 Å². The Morgan fingerprint density at radius 3 is 3.12 bits per heavy atom. The normalized spacial score (nSPS) is 29.0. The first-order valence-electron chi connectivity index (χ1n) is 5.99. The van der Waals surface area contributed by atoms with E-state index in [0.29, 0.717) is 11.8 Å². The fourth-order valence-corrected chi connectivity index (χ4v) is 2.34. The summed E-state index contributed by atoms with van der Waals surface area (Å²) in [6, 6.07) is 0. The van der Waals surface area contributed by atoms with Gasteiger partial charge in [0.2, 0.25) is 5.89 Å². The molecular weight excluding hydrogens is 204 g/mol. The van der Waals surface area contributed by atoms with Gasteiger partial charge in [0.15, 0.2) is 5.82 Å². The fourth-order valence-electron chi connectivity index (χ4n) is 2.34. The molecule has 2 unspecified atom stereocenters. The molecule has 1 saturated heterocycles. The number of aromatic nitrogens is 2. The van der Waals surface area contributed by atoms with Crippen molar-refractivity contribution < 1.29 is 9.26 Å². The van der Waals surface area contributed by atoms with Crippen LogP contribution in [0.15, 0.2) is 16.7 Å². The number of rotatable bonds is 3. The van der Waals surface area contributed by atoms with Gasteiger partial charge in [-0.1, -0.05) is 17.3 Å². The minimum absolute atomic E-state index is 0.344. The molecule has 1 aliphatic heterocycles. The van der Waals surface area contributed by atoms with Gasteiger partial charge in [0.1, 0.15) is 0 Å². The van der Waals surface area contributed by atoms with Crippen molar-refractivity contribution in [3.05, 3.63) is 23.9 Å². The highest BCUT2D eigenvalue weighted by molar-refractivity contribution is 5.02. The second-order valence-electron chi connectivity index (χ2n) is 4.58. The molecule has 0 spiro atoms. The lowest BCUT2D eigenvalue weighted by Gasteiger charge is -2.01. The summed E-state index contributed by atoms with van der Waals surface area (Å²) in [6.45, 7) is 1.56. The zero-order valence-electron chi connectivity index (χ0n) is 9.26. The van der Waals surface area contributed by atoms with Gasteiger partial charge in [0.05, 0.1) is 6.61 Å². The minimum atomic E-state index is 0.344. The number of nitrogens with zero attached hydrogens (tertiary/aromatic N) is 2. The highest BCUT2D eigenvalue weighted by atomic mass is 16.5. The summed E-state index contributed by atoms with van der Waals surface area (Å²) in [7, 11) is 0. The zero-order valence-corrected chi connectivity index (χ0v) is 9.26. The SMILES string of the molecule is C1=CC(Cc2nc(C3CCOC3)no2)CC1. The smallest absolute Gasteiger partial charge is 0.227 e. The van der Waals surface area contributed by atoms with E-state index in [1.54, 1.807) is 0 Å². The summed E-state index contributed by atoms with van der Waals surface area (Å²) in [5.41, 5.74) is 0. The topological polar surface area (TPSA) is 48.2 Å². The van der Waals surface area contributed by atoms with Crippen LogP contribution in [-0.2, 0) is 11.2 Å². The average Bonchev–Trinajstić information content (AvgIpc) is 2.99. The van der Waals surface area contributed by atoms with Crippen LogP contribution in [0.5, 0.6) is 0 Å². The van der Waals surface area contributed by atoms with Crippen LogP contribution in [0.3, 0.4) is 0 Å². The zero-order chi connectivity index (χ0) is 10.8. The van der Waals surface area contributed by atoms with Gasteiger partial charge < -0.3 is 9.26 Å². The number of hydrogen-bond acceptors (Lipinski definition) is 4. The van der Waals surface area contributed by atoms with Gasteiger partial charge in [-0.25, -0.2) is 0 Å². The van der Waals surface area contributed by atoms with Crippen LogP contribution in [0.4, 0.5) is 0 Å². The molecule has 3 rings (SSSR count). The van der Waals surface area contributed by atoms with Crippen LogP contribution in [0.1, 0.15) is 36.9 Å². The molecule has 0 amide bonds. The monoisotopic (exact) mass is 220 g/mol. The molecule has 16 heavy (non-hydrogen) atoms. The molecule has 0 saturated carbocycles. The molecule has 2 atom stereocenters. The Morgan fingerprint density at radius 1 is 1.38 bits per heavy atom. The molecule has 0 bridgehead atoms. The Kier molecular flexibility index (Phi) is 2.74. The molecule has 1 aromatic heterocycles. The van der Waals surface area contributed by atoms with E-state index in [-0.39, 0.29) is 0 Å². The largest absolute Gasteiger partial charge is 0.381 e. The van der Waals surface area contributed by atoms with Gasteiger partial charge in [-0.05, 0) is 25.2 Å². The highest BCUT2D eigenvalue weighted by Gasteiger charge is 2.23. The second-order valence-corrected chi connectivity index (χ2v) is 4.58. The summed E-state index contributed by atoms with van der Waals surface area (Å²) in [6.07, 6.45) is 8.78. The summed E-state index contributed by atoms with van der Waals surface area (Å²) < 4.78 is 10.6. The van der Waals surface area contributed by atoms with Gasteiger partial charge >= 0.3 is 0 Å². The van der Waals surface area contributed by atoms with E-state index in [0.717, 1.165) is 37.8 Å². The molecule has 2 heterocycles. The Labute approximate surface area is 94.7 Å². The van der Waals surface area contributed by atoms with Crippen LogP contribution in [0.2, 0.25) is 0 Å². The Balaban J connectivity index is 1.65. The molecule has 4 nitrogen and oxygen atoms in total. The lowest BCUT2D eigenvalue weighted by atomic mass is 10.1. The molecule has 4 heteroatoms. The lowest BCUT2D eigenvalue weighted by Crippen LogP contribution is -2.01. The molecular formula is C12H16N2O2. The van der Waals surface area contributed by atoms with Crippen LogP contribution in [0, 0.1) is 5.92 Å². The van der Waals surface area contributed by atoms with Crippen molar-refractivity contribution in [2.24, 2.45) is 5.92 Å². The number of ether oxygens (including phenoxy) is 1. The summed E-state index contributed by atoms with van der Waals surface area (Å²) in [5, 5.41) is 4.05. The van der Waals surface area contributed by atoms with Gasteiger partial charge in [-0.15, -0.1) is 0 Å². The third-order valence-electron chi connectivity index (χ3n) is 3.33. The van der Waals surface area contributed by atoms with E-state index in [9.17, 15) is 0 Å².